The van der Waals surface area contributed by atoms with Gasteiger partial charge < -0.3 is 19.3 Å². The van der Waals surface area contributed by atoms with Crippen molar-refractivity contribution < 1.29 is 24.1 Å². The topological polar surface area (TPSA) is 65.0 Å². The molecule has 7 heteroatoms. The van der Waals surface area contributed by atoms with Crippen molar-refractivity contribution in [3.8, 4) is 23.0 Å². The third-order valence-electron chi connectivity index (χ3n) is 3.01. The highest BCUT2D eigenvalue weighted by molar-refractivity contribution is 6.32. The second-order valence-electron chi connectivity index (χ2n) is 4.56. The molecular formula is C17H18Cl2O5. The highest BCUT2D eigenvalue weighted by Gasteiger charge is 2.11. The van der Waals surface area contributed by atoms with Gasteiger partial charge in [0.25, 0.3) is 0 Å². The van der Waals surface area contributed by atoms with E-state index in [-0.39, 0.29) is 17.1 Å². The zero-order valence-corrected chi connectivity index (χ0v) is 15.2. The summed E-state index contributed by atoms with van der Waals surface area (Å²) in [6.07, 6.45) is 0. The minimum atomic E-state index is -0.234. The summed E-state index contributed by atoms with van der Waals surface area (Å²) in [6, 6.07) is 7.96. The molecule has 0 aliphatic carbocycles. The van der Waals surface area contributed by atoms with E-state index < -0.39 is 0 Å². The second-order valence-corrected chi connectivity index (χ2v) is 5.37. The molecule has 2 rings (SSSR count). The van der Waals surface area contributed by atoms with Gasteiger partial charge in [-0.2, -0.15) is 0 Å². The molecule has 0 radical (unpaired) electrons. The van der Waals surface area contributed by atoms with Crippen LogP contribution in [0.5, 0.6) is 23.0 Å². The molecule has 0 saturated carbocycles. The standard InChI is InChI=1S/C9H9ClO3.C8H9ClO2/c1-5(11)6-3-7(10)9(13-2)4-8(6)12;1-10-6-3-4-7(9)8(5-6)11-2/h3-4,12H,1-2H3;3-5H,1-2H3. The molecule has 0 saturated heterocycles. The first-order valence-electron chi connectivity index (χ1n) is 6.79. The van der Waals surface area contributed by atoms with Crippen molar-refractivity contribution in [2.24, 2.45) is 0 Å². The van der Waals surface area contributed by atoms with Crippen LogP contribution in [0.3, 0.4) is 0 Å². The largest absolute Gasteiger partial charge is 0.507 e. The minimum Gasteiger partial charge on any atom is -0.507 e. The van der Waals surface area contributed by atoms with Crippen molar-refractivity contribution >= 4 is 29.0 Å². The third-order valence-corrected chi connectivity index (χ3v) is 3.62. The molecule has 0 fully saturated rings. The fraction of sp³-hybridized carbons (Fsp3) is 0.235. The van der Waals surface area contributed by atoms with E-state index in [0.29, 0.717) is 21.5 Å². The number of carbonyl (C=O) groups is 1. The van der Waals surface area contributed by atoms with Gasteiger partial charge in [0.2, 0.25) is 0 Å². The lowest BCUT2D eigenvalue weighted by Crippen LogP contribution is -1.94. The predicted molar refractivity (Wildman–Crippen MR) is 94.2 cm³/mol. The number of carbonyl (C=O) groups excluding carboxylic acids is 1. The van der Waals surface area contributed by atoms with Crippen molar-refractivity contribution in [3.63, 3.8) is 0 Å². The number of phenolic OH excluding ortho intramolecular Hbond substituents is 1. The molecule has 2 aromatic rings. The van der Waals surface area contributed by atoms with Crippen molar-refractivity contribution in [2.45, 2.75) is 6.92 Å². The molecule has 0 aliphatic heterocycles. The summed E-state index contributed by atoms with van der Waals surface area (Å²) < 4.78 is 14.8. The minimum absolute atomic E-state index is 0.117. The van der Waals surface area contributed by atoms with Crippen LogP contribution in [0, 0.1) is 0 Å². The van der Waals surface area contributed by atoms with Crippen molar-refractivity contribution in [3.05, 3.63) is 45.9 Å². The normalized spacial score (nSPS) is 9.58. The summed E-state index contributed by atoms with van der Waals surface area (Å²) in [4.78, 5) is 11.0. The average molecular weight is 373 g/mol. The molecular weight excluding hydrogens is 355 g/mol. The number of halogens is 2. The Balaban J connectivity index is 0.000000243. The predicted octanol–water partition coefficient (Wildman–Crippen LogP) is 4.61. The van der Waals surface area contributed by atoms with Crippen molar-refractivity contribution in [2.75, 3.05) is 21.3 Å². The van der Waals surface area contributed by atoms with Gasteiger partial charge in [0, 0.05) is 12.1 Å². The van der Waals surface area contributed by atoms with E-state index in [1.165, 1.54) is 26.2 Å². The highest BCUT2D eigenvalue weighted by Crippen LogP contribution is 2.32. The van der Waals surface area contributed by atoms with Crippen LogP contribution in [-0.4, -0.2) is 32.2 Å². The highest BCUT2D eigenvalue weighted by atomic mass is 35.5. The lowest BCUT2D eigenvalue weighted by atomic mass is 10.1. The quantitative estimate of drug-likeness (QED) is 0.793. The molecule has 0 spiro atoms. The Morgan fingerprint density at radius 1 is 0.917 bits per heavy atom. The summed E-state index contributed by atoms with van der Waals surface area (Å²) in [7, 11) is 4.61. The van der Waals surface area contributed by atoms with Crippen molar-refractivity contribution in [1.29, 1.82) is 0 Å². The van der Waals surface area contributed by atoms with Gasteiger partial charge in [-0.05, 0) is 25.1 Å². The molecule has 0 aromatic heterocycles. The Labute approximate surface area is 150 Å². The zero-order chi connectivity index (χ0) is 18.3. The number of phenols is 1. The average Bonchev–Trinajstić information content (AvgIpc) is 2.57. The Kier molecular flexibility index (Phi) is 7.68. The van der Waals surface area contributed by atoms with Crippen LogP contribution in [0.1, 0.15) is 17.3 Å². The Morgan fingerprint density at radius 3 is 2.00 bits per heavy atom. The molecule has 0 unspecified atom stereocenters. The van der Waals surface area contributed by atoms with Crippen LogP contribution < -0.4 is 14.2 Å². The number of aromatic hydroxyl groups is 1. The van der Waals surface area contributed by atoms with Gasteiger partial charge >= 0.3 is 0 Å². The first-order chi connectivity index (χ1) is 11.3. The van der Waals surface area contributed by atoms with Gasteiger partial charge in [-0.1, -0.05) is 23.2 Å². The first-order valence-corrected chi connectivity index (χ1v) is 7.54. The van der Waals surface area contributed by atoms with Gasteiger partial charge in [-0.25, -0.2) is 0 Å². The molecule has 130 valence electrons. The van der Waals surface area contributed by atoms with Crippen LogP contribution in [0.2, 0.25) is 10.0 Å². The second kappa shape index (κ2) is 9.25. The van der Waals surface area contributed by atoms with Crippen LogP contribution in [0.15, 0.2) is 30.3 Å². The van der Waals surface area contributed by atoms with E-state index >= 15 is 0 Å². The maximum atomic E-state index is 11.0. The molecule has 0 heterocycles. The Morgan fingerprint density at radius 2 is 1.50 bits per heavy atom. The summed E-state index contributed by atoms with van der Waals surface area (Å²) in [5, 5.41) is 10.3. The number of hydrogen-bond donors (Lipinski definition) is 1. The number of ether oxygens (including phenoxy) is 3. The molecule has 0 aliphatic rings. The number of Topliss-reactive ketones (excluding diaryl/α,β-unsaturated/α-hetero) is 1. The molecule has 5 nitrogen and oxygen atoms in total. The van der Waals surface area contributed by atoms with E-state index in [1.807, 2.05) is 0 Å². The molecule has 2 aromatic carbocycles. The van der Waals surface area contributed by atoms with E-state index in [0.717, 1.165) is 5.75 Å². The number of rotatable bonds is 4. The van der Waals surface area contributed by atoms with E-state index in [9.17, 15) is 9.90 Å². The van der Waals surface area contributed by atoms with E-state index in [1.54, 1.807) is 32.4 Å². The van der Waals surface area contributed by atoms with Crippen LogP contribution in [0.4, 0.5) is 0 Å². The van der Waals surface area contributed by atoms with Gasteiger partial charge in [0.05, 0.1) is 36.9 Å². The van der Waals surface area contributed by atoms with Crippen LogP contribution in [0.25, 0.3) is 0 Å². The molecule has 0 amide bonds. The smallest absolute Gasteiger partial charge is 0.163 e. The summed E-state index contributed by atoms with van der Waals surface area (Å²) in [5.41, 5.74) is 0.200. The number of methoxy groups -OCH3 is 3. The first kappa shape index (κ1) is 19.9. The maximum Gasteiger partial charge on any atom is 0.163 e. The fourth-order valence-corrected chi connectivity index (χ4v) is 2.18. The summed E-state index contributed by atoms with van der Waals surface area (Å²) in [6.45, 7) is 1.36. The summed E-state index contributed by atoms with van der Waals surface area (Å²) >= 11 is 11.5. The summed E-state index contributed by atoms with van der Waals surface area (Å²) in [5.74, 6) is 1.37. The molecule has 1 N–H and O–H groups in total. The number of hydrogen-bond acceptors (Lipinski definition) is 5. The van der Waals surface area contributed by atoms with E-state index in [4.69, 9.17) is 37.4 Å². The molecule has 24 heavy (non-hydrogen) atoms. The Hall–Kier alpha value is -2.11. The monoisotopic (exact) mass is 372 g/mol. The fourth-order valence-electron chi connectivity index (χ4n) is 1.75. The third kappa shape index (κ3) is 5.22. The van der Waals surface area contributed by atoms with Crippen LogP contribution in [-0.2, 0) is 0 Å². The zero-order valence-electron chi connectivity index (χ0n) is 13.7. The SMILES string of the molecule is COc1cc(O)c(C(C)=O)cc1Cl.COc1ccc(Cl)c(OC)c1. The van der Waals surface area contributed by atoms with Gasteiger partial charge in [-0.15, -0.1) is 0 Å². The maximum absolute atomic E-state index is 11.0. The molecule has 0 bridgehead atoms. The lowest BCUT2D eigenvalue weighted by Gasteiger charge is -2.06. The van der Waals surface area contributed by atoms with Crippen LogP contribution >= 0.6 is 23.2 Å². The van der Waals surface area contributed by atoms with Gasteiger partial charge in [-0.3, -0.25) is 4.79 Å². The van der Waals surface area contributed by atoms with Gasteiger partial charge in [0.1, 0.15) is 23.0 Å². The number of ketones is 1. The molecule has 0 atom stereocenters. The van der Waals surface area contributed by atoms with Crippen molar-refractivity contribution in [1.82, 2.24) is 0 Å². The Bertz CT molecular complexity index is 716. The van der Waals surface area contributed by atoms with Gasteiger partial charge in [0.15, 0.2) is 5.78 Å². The van der Waals surface area contributed by atoms with E-state index in [2.05, 4.69) is 0 Å². The lowest BCUT2D eigenvalue weighted by molar-refractivity contribution is 0.101. The number of benzene rings is 2.